The molecule has 3 atom stereocenters. The van der Waals surface area contributed by atoms with Crippen molar-refractivity contribution < 1.29 is 22.8 Å². The molecule has 3 rings (SSSR count). The van der Waals surface area contributed by atoms with Gasteiger partial charge in [-0.15, -0.1) is 0 Å². The summed E-state index contributed by atoms with van der Waals surface area (Å²) in [7, 11) is 0. The lowest BCUT2D eigenvalue weighted by atomic mass is 9.95. The van der Waals surface area contributed by atoms with Crippen LogP contribution in [-0.4, -0.2) is 47.6 Å². The molecule has 1 aromatic carbocycles. The number of thioether (sulfide) groups is 1. The van der Waals surface area contributed by atoms with Crippen LogP contribution in [0, 0.1) is 5.92 Å². The van der Waals surface area contributed by atoms with Gasteiger partial charge in [-0.3, -0.25) is 19.8 Å². The summed E-state index contributed by atoms with van der Waals surface area (Å²) in [6.45, 7) is 5.58. The fourth-order valence-electron chi connectivity index (χ4n) is 3.42. The highest BCUT2D eigenvalue weighted by Crippen LogP contribution is 2.37. The van der Waals surface area contributed by atoms with E-state index in [1.165, 1.54) is 12.1 Å². The zero-order valence-corrected chi connectivity index (χ0v) is 17.1. The number of nitrogens with one attached hydrogen (secondary N) is 3. The first-order valence-electron chi connectivity index (χ1n) is 9.58. The number of alkyl halides is 3. The molecule has 2 amide bonds. The molecule has 1 aromatic rings. The van der Waals surface area contributed by atoms with E-state index < -0.39 is 11.6 Å². The number of benzene rings is 1. The zero-order valence-electron chi connectivity index (χ0n) is 16.3. The van der Waals surface area contributed by atoms with Gasteiger partial charge in [-0.05, 0) is 41.8 Å². The van der Waals surface area contributed by atoms with Crippen molar-refractivity contribution >= 4 is 23.6 Å². The van der Waals surface area contributed by atoms with Gasteiger partial charge in [-0.2, -0.15) is 13.2 Å². The van der Waals surface area contributed by atoms with Crippen molar-refractivity contribution in [2.45, 2.75) is 55.5 Å². The van der Waals surface area contributed by atoms with Gasteiger partial charge < -0.3 is 10.6 Å². The Morgan fingerprint density at radius 1 is 1.24 bits per heavy atom. The second-order valence-electron chi connectivity index (χ2n) is 7.63. The molecule has 3 N–H and O–H groups in total. The number of halogens is 3. The highest BCUT2D eigenvalue weighted by atomic mass is 32.2. The van der Waals surface area contributed by atoms with E-state index in [1.54, 1.807) is 12.1 Å². The predicted octanol–water partition coefficient (Wildman–Crippen LogP) is 2.58. The number of likely N-dealkylation sites (tertiary alicyclic amines) is 1. The van der Waals surface area contributed by atoms with Crippen molar-refractivity contribution in [1.29, 1.82) is 0 Å². The molecule has 160 valence electrons. The van der Waals surface area contributed by atoms with E-state index in [4.69, 9.17) is 0 Å². The summed E-state index contributed by atoms with van der Waals surface area (Å²) >= 11 is -0.170. The average molecular weight is 430 g/mol. The third kappa shape index (κ3) is 5.86. The molecule has 0 spiro atoms. The lowest BCUT2D eigenvalue weighted by Gasteiger charge is -2.43. The molecule has 2 aliphatic heterocycles. The zero-order chi connectivity index (χ0) is 21.2. The summed E-state index contributed by atoms with van der Waals surface area (Å²) in [5.74, 6) is -0.461. The van der Waals surface area contributed by atoms with Gasteiger partial charge in [0.2, 0.25) is 11.8 Å². The van der Waals surface area contributed by atoms with Gasteiger partial charge in [0, 0.05) is 18.0 Å². The van der Waals surface area contributed by atoms with Gasteiger partial charge in [-0.25, -0.2) is 0 Å². The highest BCUT2D eigenvalue weighted by molar-refractivity contribution is 8.00. The molecule has 2 heterocycles. The van der Waals surface area contributed by atoms with Gasteiger partial charge in [0.05, 0.1) is 18.5 Å². The number of nitrogens with zero attached hydrogens (tertiary/aromatic N) is 1. The minimum absolute atomic E-state index is 0.0173. The fraction of sp³-hybridized carbons (Fsp3) is 0.579. The van der Waals surface area contributed by atoms with E-state index in [-0.39, 0.29) is 53.1 Å². The minimum atomic E-state index is -4.34. The Morgan fingerprint density at radius 3 is 2.41 bits per heavy atom. The Bertz CT molecular complexity index is 738. The molecule has 2 fully saturated rings. The number of hydrogen-bond acceptors (Lipinski definition) is 5. The molecule has 0 saturated carbocycles. The molecular weight excluding hydrogens is 405 g/mol. The number of carbonyl (C=O) groups is 2. The molecule has 6 nitrogen and oxygen atoms in total. The van der Waals surface area contributed by atoms with Crippen LogP contribution in [-0.2, 0) is 9.59 Å². The summed E-state index contributed by atoms with van der Waals surface area (Å²) < 4.78 is 37.6. The van der Waals surface area contributed by atoms with Gasteiger partial charge in [0.15, 0.2) is 0 Å². The van der Waals surface area contributed by atoms with Crippen molar-refractivity contribution in [2.75, 3.05) is 13.1 Å². The lowest BCUT2D eigenvalue weighted by Crippen LogP contribution is -2.68. The van der Waals surface area contributed by atoms with Crippen LogP contribution in [0.5, 0.6) is 0 Å². The molecule has 0 bridgehead atoms. The molecule has 2 unspecified atom stereocenters. The van der Waals surface area contributed by atoms with Crippen molar-refractivity contribution in [3.05, 3.63) is 29.8 Å². The summed E-state index contributed by atoms with van der Waals surface area (Å²) in [4.78, 5) is 27.0. The first kappa shape index (κ1) is 21.9. The van der Waals surface area contributed by atoms with E-state index in [0.29, 0.717) is 0 Å². The number of rotatable bonds is 6. The van der Waals surface area contributed by atoms with E-state index in [9.17, 15) is 22.8 Å². The maximum atomic E-state index is 12.8. The van der Waals surface area contributed by atoms with Crippen LogP contribution in [0.25, 0.3) is 0 Å². The second-order valence-corrected chi connectivity index (χ2v) is 8.77. The number of carbonyl (C=O) groups excluding carboxylic acids is 2. The van der Waals surface area contributed by atoms with Crippen molar-refractivity contribution in [2.24, 2.45) is 5.92 Å². The summed E-state index contributed by atoms with van der Waals surface area (Å²) in [6.07, 6.45) is 0.752. The van der Waals surface area contributed by atoms with Gasteiger partial charge in [-0.1, -0.05) is 26.0 Å². The Kier molecular flexibility index (Phi) is 6.75. The Morgan fingerprint density at radius 2 is 1.90 bits per heavy atom. The molecule has 2 aliphatic rings. The Labute approximate surface area is 172 Å². The highest BCUT2D eigenvalue weighted by Gasteiger charge is 2.36. The first-order valence-corrected chi connectivity index (χ1v) is 10.4. The third-order valence-electron chi connectivity index (χ3n) is 5.06. The van der Waals surface area contributed by atoms with E-state index in [0.717, 1.165) is 25.1 Å². The maximum absolute atomic E-state index is 12.8. The largest absolute Gasteiger partial charge is 0.446 e. The van der Waals surface area contributed by atoms with Crippen LogP contribution in [0.4, 0.5) is 13.2 Å². The van der Waals surface area contributed by atoms with E-state index in [2.05, 4.69) is 16.0 Å². The third-order valence-corrected chi connectivity index (χ3v) is 5.80. The van der Waals surface area contributed by atoms with Crippen molar-refractivity contribution in [3.63, 3.8) is 0 Å². The Balaban J connectivity index is 1.66. The summed E-state index contributed by atoms with van der Waals surface area (Å²) in [5.41, 5.74) is -3.62. The number of hydrogen-bond donors (Lipinski definition) is 3. The van der Waals surface area contributed by atoms with Crippen LogP contribution in [0.15, 0.2) is 29.2 Å². The predicted molar refractivity (Wildman–Crippen MR) is 104 cm³/mol. The molecule has 10 heteroatoms. The molecule has 2 saturated heterocycles. The smallest absolute Gasteiger partial charge is 0.348 e. The Hall–Kier alpha value is -1.78. The van der Waals surface area contributed by atoms with Crippen molar-refractivity contribution in [1.82, 2.24) is 20.9 Å². The first-order chi connectivity index (χ1) is 13.6. The molecular formula is C19H25F3N4O2S. The molecule has 0 aliphatic carbocycles. The SMILES string of the molecule is CC(C)[C@@H](NC(=O)C1CC(=O)NC(N2CCC2)N1)c1ccc(SC(F)(F)F)cc1. The number of amides is 2. The molecule has 29 heavy (non-hydrogen) atoms. The minimum Gasteiger partial charge on any atom is -0.348 e. The quantitative estimate of drug-likeness (QED) is 0.605. The monoisotopic (exact) mass is 430 g/mol. The van der Waals surface area contributed by atoms with E-state index in [1.807, 2.05) is 18.7 Å². The second kappa shape index (κ2) is 8.93. The van der Waals surface area contributed by atoms with Crippen molar-refractivity contribution in [3.8, 4) is 0 Å². The van der Waals surface area contributed by atoms with Crippen LogP contribution < -0.4 is 16.0 Å². The van der Waals surface area contributed by atoms with Crippen LogP contribution in [0.2, 0.25) is 0 Å². The van der Waals surface area contributed by atoms with Crippen LogP contribution in [0.3, 0.4) is 0 Å². The summed E-state index contributed by atoms with van der Waals surface area (Å²) in [6, 6.07) is 4.98. The lowest BCUT2D eigenvalue weighted by molar-refractivity contribution is -0.135. The summed E-state index contributed by atoms with van der Waals surface area (Å²) in [5, 5.41) is 8.96. The standard InChI is InChI=1S/C19H25F3N4O2S/c1-11(2)16(12-4-6-13(7-5-12)29-19(20,21)22)25-17(28)14-10-15(27)24-18(23-14)26-8-3-9-26/h4-7,11,14,16,18,23H,3,8-10H2,1-2H3,(H,24,27)(H,25,28)/t14?,16-,18?/m1/s1. The van der Waals surface area contributed by atoms with E-state index >= 15 is 0 Å². The fourth-order valence-corrected chi connectivity index (χ4v) is 3.96. The average Bonchev–Trinajstić information content (AvgIpc) is 2.56. The topological polar surface area (TPSA) is 73.5 Å². The normalized spacial score (nSPS) is 24.0. The van der Waals surface area contributed by atoms with Gasteiger partial charge >= 0.3 is 5.51 Å². The molecule has 0 aromatic heterocycles. The van der Waals surface area contributed by atoms with Gasteiger partial charge in [0.1, 0.15) is 6.29 Å². The van der Waals surface area contributed by atoms with Crippen LogP contribution >= 0.6 is 11.8 Å². The molecule has 0 radical (unpaired) electrons. The maximum Gasteiger partial charge on any atom is 0.446 e. The van der Waals surface area contributed by atoms with Crippen LogP contribution in [0.1, 0.15) is 38.3 Å². The van der Waals surface area contributed by atoms with Gasteiger partial charge in [0.25, 0.3) is 0 Å².